The fourth-order valence-corrected chi connectivity index (χ4v) is 2.64. The molecule has 0 atom stereocenters. The molecule has 0 unspecified atom stereocenters. The van der Waals surface area contributed by atoms with Crippen molar-refractivity contribution in [3.63, 3.8) is 0 Å². The standard InChI is InChI=1S/C17H19N3O2/c1-3-4-9-20-11-13(12-7-5-6-8-16(12)20)14-10-15(19-18-14)17(21)22-2/h5-8,10-11H,3-4,9H2,1-2H3,(H,18,19). The zero-order chi connectivity index (χ0) is 15.5. The Kier molecular flexibility index (Phi) is 3.96. The average molecular weight is 297 g/mol. The van der Waals surface area contributed by atoms with Gasteiger partial charge >= 0.3 is 5.97 Å². The van der Waals surface area contributed by atoms with Crippen molar-refractivity contribution in [2.45, 2.75) is 26.3 Å². The topological polar surface area (TPSA) is 59.9 Å². The first-order valence-electron chi connectivity index (χ1n) is 7.46. The van der Waals surface area contributed by atoms with Crippen LogP contribution in [0.1, 0.15) is 30.3 Å². The van der Waals surface area contributed by atoms with Gasteiger partial charge in [-0.05, 0) is 18.6 Å². The van der Waals surface area contributed by atoms with Gasteiger partial charge in [0, 0.05) is 29.2 Å². The highest BCUT2D eigenvalue weighted by atomic mass is 16.5. The van der Waals surface area contributed by atoms with Crippen LogP contribution in [0.15, 0.2) is 36.5 Å². The van der Waals surface area contributed by atoms with Crippen LogP contribution in [0.25, 0.3) is 22.2 Å². The molecule has 0 aliphatic heterocycles. The summed E-state index contributed by atoms with van der Waals surface area (Å²) in [6.45, 7) is 3.16. The fourth-order valence-electron chi connectivity index (χ4n) is 2.64. The molecule has 2 aromatic heterocycles. The molecule has 0 aliphatic carbocycles. The number of methoxy groups -OCH3 is 1. The van der Waals surface area contributed by atoms with E-state index in [1.807, 2.05) is 12.1 Å². The molecule has 0 aliphatic rings. The highest BCUT2D eigenvalue weighted by molar-refractivity contribution is 5.96. The number of carbonyl (C=O) groups is 1. The van der Waals surface area contributed by atoms with Gasteiger partial charge in [-0.3, -0.25) is 5.10 Å². The summed E-state index contributed by atoms with van der Waals surface area (Å²) < 4.78 is 6.97. The van der Waals surface area contributed by atoms with Crippen molar-refractivity contribution in [3.8, 4) is 11.3 Å². The van der Waals surface area contributed by atoms with Crippen molar-refractivity contribution in [1.82, 2.24) is 14.8 Å². The molecule has 0 radical (unpaired) electrons. The molecule has 0 spiro atoms. The number of nitrogens with one attached hydrogen (secondary N) is 1. The number of aromatic amines is 1. The number of hydrogen-bond donors (Lipinski definition) is 1. The van der Waals surface area contributed by atoms with E-state index >= 15 is 0 Å². The Bertz CT molecular complexity index is 801. The van der Waals surface area contributed by atoms with Gasteiger partial charge in [0.15, 0.2) is 0 Å². The van der Waals surface area contributed by atoms with E-state index in [1.54, 1.807) is 6.07 Å². The highest BCUT2D eigenvalue weighted by Crippen LogP contribution is 2.30. The summed E-state index contributed by atoms with van der Waals surface area (Å²) in [6.07, 6.45) is 4.39. The van der Waals surface area contributed by atoms with Crippen molar-refractivity contribution >= 4 is 16.9 Å². The molecule has 2 heterocycles. The van der Waals surface area contributed by atoms with Crippen molar-refractivity contribution in [1.29, 1.82) is 0 Å². The van der Waals surface area contributed by atoms with Crippen LogP contribution in [0.4, 0.5) is 0 Å². The van der Waals surface area contributed by atoms with Crippen LogP contribution in [0.2, 0.25) is 0 Å². The van der Waals surface area contributed by atoms with Gasteiger partial charge in [0.1, 0.15) is 5.69 Å². The van der Waals surface area contributed by atoms with E-state index in [-0.39, 0.29) is 0 Å². The molecule has 0 fully saturated rings. The Hall–Kier alpha value is -2.56. The van der Waals surface area contributed by atoms with Gasteiger partial charge in [0.05, 0.1) is 12.8 Å². The maximum Gasteiger partial charge on any atom is 0.356 e. The van der Waals surface area contributed by atoms with Gasteiger partial charge in [-0.2, -0.15) is 5.10 Å². The lowest BCUT2D eigenvalue weighted by atomic mass is 10.1. The number of para-hydroxylation sites is 1. The summed E-state index contributed by atoms with van der Waals surface area (Å²) in [7, 11) is 1.36. The van der Waals surface area contributed by atoms with Crippen molar-refractivity contribution in [3.05, 3.63) is 42.2 Å². The van der Waals surface area contributed by atoms with Crippen LogP contribution in [0.5, 0.6) is 0 Å². The lowest BCUT2D eigenvalue weighted by molar-refractivity contribution is 0.0594. The van der Waals surface area contributed by atoms with Crippen LogP contribution < -0.4 is 0 Å². The number of carbonyl (C=O) groups excluding carboxylic acids is 1. The van der Waals surface area contributed by atoms with E-state index in [0.29, 0.717) is 5.69 Å². The van der Waals surface area contributed by atoms with Crippen LogP contribution in [0, 0.1) is 0 Å². The number of H-pyrrole nitrogens is 1. The summed E-state index contributed by atoms with van der Waals surface area (Å²) >= 11 is 0. The first kappa shape index (κ1) is 14.4. The third-order valence-corrected chi connectivity index (χ3v) is 3.80. The van der Waals surface area contributed by atoms with Crippen molar-refractivity contribution in [2.24, 2.45) is 0 Å². The maximum atomic E-state index is 11.6. The number of fused-ring (bicyclic) bond motifs is 1. The van der Waals surface area contributed by atoms with E-state index in [4.69, 9.17) is 4.74 Å². The predicted octanol–water partition coefficient (Wildman–Crippen LogP) is 3.62. The maximum absolute atomic E-state index is 11.6. The monoisotopic (exact) mass is 297 g/mol. The number of aryl methyl sites for hydroxylation is 1. The summed E-state index contributed by atoms with van der Waals surface area (Å²) in [5.74, 6) is -0.409. The highest BCUT2D eigenvalue weighted by Gasteiger charge is 2.15. The van der Waals surface area contributed by atoms with Gasteiger partial charge in [-0.25, -0.2) is 4.79 Å². The minimum Gasteiger partial charge on any atom is -0.464 e. The van der Waals surface area contributed by atoms with Gasteiger partial charge in [-0.1, -0.05) is 31.5 Å². The van der Waals surface area contributed by atoms with E-state index in [9.17, 15) is 4.79 Å². The van der Waals surface area contributed by atoms with E-state index in [1.165, 1.54) is 12.6 Å². The Balaban J connectivity index is 2.06. The molecular formula is C17H19N3O2. The average Bonchev–Trinajstić information content (AvgIpc) is 3.17. The largest absolute Gasteiger partial charge is 0.464 e. The number of unbranched alkanes of at least 4 members (excludes halogenated alkanes) is 1. The van der Waals surface area contributed by atoms with Crippen molar-refractivity contribution < 1.29 is 9.53 Å². The molecule has 114 valence electrons. The fraction of sp³-hybridized carbons (Fsp3) is 0.294. The summed E-state index contributed by atoms with van der Waals surface area (Å²) in [4.78, 5) is 11.6. The lowest BCUT2D eigenvalue weighted by Gasteiger charge is -2.02. The summed E-state index contributed by atoms with van der Waals surface area (Å²) in [5.41, 5.74) is 3.33. The lowest BCUT2D eigenvalue weighted by Crippen LogP contribution is -2.00. The summed E-state index contributed by atoms with van der Waals surface area (Å²) in [5, 5.41) is 8.14. The second kappa shape index (κ2) is 6.05. The molecule has 0 bridgehead atoms. The first-order chi connectivity index (χ1) is 10.7. The molecule has 0 amide bonds. The minimum absolute atomic E-state index is 0.364. The number of esters is 1. The van der Waals surface area contributed by atoms with Crippen LogP contribution >= 0.6 is 0 Å². The van der Waals surface area contributed by atoms with E-state index < -0.39 is 5.97 Å². The van der Waals surface area contributed by atoms with Crippen LogP contribution in [0.3, 0.4) is 0 Å². The van der Waals surface area contributed by atoms with Gasteiger partial charge < -0.3 is 9.30 Å². The Morgan fingerprint density at radius 1 is 1.36 bits per heavy atom. The number of benzene rings is 1. The molecule has 5 heteroatoms. The first-order valence-corrected chi connectivity index (χ1v) is 7.46. The van der Waals surface area contributed by atoms with Gasteiger partial charge in [-0.15, -0.1) is 0 Å². The molecule has 3 rings (SSSR count). The molecule has 0 saturated heterocycles. The summed E-state index contributed by atoms with van der Waals surface area (Å²) in [6, 6.07) is 9.99. The zero-order valence-corrected chi connectivity index (χ0v) is 12.8. The molecule has 1 N–H and O–H groups in total. The molecular weight excluding hydrogens is 278 g/mol. The normalized spacial score (nSPS) is 11.0. The van der Waals surface area contributed by atoms with E-state index in [2.05, 4.69) is 40.0 Å². The third kappa shape index (κ3) is 2.50. The zero-order valence-electron chi connectivity index (χ0n) is 12.8. The molecule has 22 heavy (non-hydrogen) atoms. The molecule has 0 saturated carbocycles. The second-order valence-electron chi connectivity index (χ2n) is 5.27. The smallest absolute Gasteiger partial charge is 0.356 e. The Morgan fingerprint density at radius 3 is 2.95 bits per heavy atom. The Morgan fingerprint density at radius 2 is 2.18 bits per heavy atom. The molecule has 3 aromatic rings. The number of hydrogen-bond acceptors (Lipinski definition) is 3. The van der Waals surface area contributed by atoms with Gasteiger partial charge in [0.2, 0.25) is 0 Å². The Labute approximate surface area is 128 Å². The number of rotatable bonds is 5. The minimum atomic E-state index is -0.409. The second-order valence-corrected chi connectivity index (χ2v) is 5.27. The van der Waals surface area contributed by atoms with Crippen LogP contribution in [-0.4, -0.2) is 27.8 Å². The molecule has 1 aromatic carbocycles. The quantitative estimate of drug-likeness (QED) is 0.732. The van der Waals surface area contributed by atoms with Crippen LogP contribution in [-0.2, 0) is 11.3 Å². The van der Waals surface area contributed by atoms with Gasteiger partial charge in [0.25, 0.3) is 0 Å². The number of ether oxygens (including phenoxy) is 1. The predicted molar refractivity (Wildman–Crippen MR) is 85.8 cm³/mol. The van der Waals surface area contributed by atoms with E-state index in [0.717, 1.165) is 36.0 Å². The van der Waals surface area contributed by atoms with Crippen molar-refractivity contribution in [2.75, 3.05) is 7.11 Å². The number of aromatic nitrogens is 3. The third-order valence-electron chi connectivity index (χ3n) is 3.80. The number of nitrogens with zero attached hydrogens (tertiary/aromatic N) is 2. The SMILES string of the molecule is CCCCn1cc(-c2cc(C(=O)OC)[nH]n2)c2ccccc21. The molecule has 5 nitrogen and oxygen atoms in total.